The minimum absolute atomic E-state index is 0.383. The Bertz CT molecular complexity index is 691. The summed E-state index contributed by atoms with van der Waals surface area (Å²) in [7, 11) is 0. The van der Waals surface area contributed by atoms with Crippen LogP contribution < -0.4 is 0 Å². The first-order chi connectivity index (χ1) is 11.7. The number of rotatable bonds is 7. The van der Waals surface area contributed by atoms with Crippen LogP contribution in [-0.2, 0) is 24.4 Å². The molecule has 1 fully saturated rings. The summed E-state index contributed by atoms with van der Waals surface area (Å²) in [5, 5.41) is 4.81. The van der Waals surface area contributed by atoms with E-state index >= 15 is 0 Å². The number of ether oxygens (including phenoxy) is 1. The second-order valence-electron chi connectivity index (χ2n) is 7.10. The van der Waals surface area contributed by atoms with Gasteiger partial charge in [0, 0.05) is 55.3 Å². The van der Waals surface area contributed by atoms with Gasteiger partial charge in [-0.1, -0.05) is 0 Å². The molecule has 24 heavy (non-hydrogen) atoms. The molecule has 0 amide bonds. The van der Waals surface area contributed by atoms with E-state index in [1.165, 1.54) is 29.0 Å². The molecule has 1 aliphatic carbocycles. The van der Waals surface area contributed by atoms with Crippen molar-refractivity contribution < 1.29 is 4.74 Å². The molecule has 4 rings (SSSR count). The lowest BCUT2D eigenvalue weighted by Crippen LogP contribution is -2.35. The molecule has 0 spiro atoms. The van der Waals surface area contributed by atoms with E-state index in [9.17, 15) is 0 Å². The summed E-state index contributed by atoms with van der Waals surface area (Å²) < 4.78 is 8.09. The third-order valence-corrected chi connectivity index (χ3v) is 5.95. The molecule has 2 aromatic rings. The maximum atomic E-state index is 6.02. The maximum absolute atomic E-state index is 6.02. The van der Waals surface area contributed by atoms with Crippen LogP contribution in [0.4, 0.5) is 0 Å². The molecule has 0 aromatic carbocycles. The van der Waals surface area contributed by atoms with Gasteiger partial charge in [0.25, 0.3) is 0 Å². The minimum atomic E-state index is 0.383. The number of hydrogen-bond acceptors (Lipinski definition) is 5. The number of aryl methyl sites for hydroxylation is 2. The van der Waals surface area contributed by atoms with Gasteiger partial charge in [-0.05, 0) is 32.6 Å². The van der Waals surface area contributed by atoms with Gasteiger partial charge in [-0.25, -0.2) is 4.98 Å². The highest BCUT2D eigenvalue weighted by Gasteiger charge is 2.30. The number of nitrogens with zero attached hydrogens (tertiary/aromatic N) is 4. The van der Waals surface area contributed by atoms with Crippen molar-refractivity contribution in [2.45, 2.75) is 52.2 Å². The Morgan fingerprint density at radius 2 is 2.21 bits per heavy atom. The van der Waals surface area contributed by atoms with Gasteiger partial charge in [0.15, 0.2) is 0 Å². The highest BCUT2D eigenvalue weighted by Crippen LogP contribution is 2.32. The van der Waals surface area contributed by atoms with Crippen molar-refractivity contribution in [3.8, 4) is 0 Å². The zero-order chi connectivity index (χ0) is 16.5. The summed E-state index contributed by atoms with van der Waals surface area (Å²) in [4.78, 5) is 8.29. The molecule has 0 radical (unpaired) electrons. The first-order valence-electron chi connectivity index (χ1n) is 8.98. The fourth-order valence-electron chi connectivity index (χ4n) is 3.40. The second-order valence-corrected chi connectivity index (χ2v) is 8.04. The quantitative estimate of drug-likeness (QED) is 0.772. The molecular formula is C18H26N4OS. The Balaban J connectivity index is 1.48. The summed E-state index contributed by atoms with van der Waals surface area (Å²) in [6, 6.07) is 0. The lowest BCUT2D eigenvalue weighted by molar-refractivity contribution is 0.0883. The highest BCUT2D eigenvalue weighted by atomic mass is 32.1. The third-order valence-electron chi connectivity index (χ3n) is 5.03. The molecule has 0 unspecified atom stereocenters. The second kappa shape index (κ2) is 6.94. The van der Waals surface area contributed by atoms with Gasteiger partial charge in [0.1, 0.15) is 0 Å². The van der Waals surface area contributed by atoms with Gasteiger partial charge in [-0.15, -0.1) is 11.3 Å². The molecule has 2 aliphatic rings. The molecule has 130 valence electrons. The van der Waals surface area contributed by atoms with E-state index < -0.39 is 0 Å². The highest BCUT2D eigenvalue weighted by molar-refractivity contribution is 7.09. The molecule has 1 aliphatic heterocycles. The number of aromatic nitrogens is 3. The standard InChI is InChI=1S/C18H26N4OS/c1-3-22-8-15-6-21(9-17-13(2)19-12-24-17)7-16(18(15)20-22)11-23-10-14-4-5-14/h8,12,14,16H,3-7,9-11H2,1-2H3/t16-/m0/s1. The molecule has 1 atom stereocenters. The predicted molar refractivity (Wildman–Crippen MR) is 95.2 cm³/mol. The molecule has 0 saturated heterocycles. The van der Waals surface area contributed by atoms with Crippen LogP contribution in [0.15, 0.2) is 11.7 Å². The Morgan fingerprint density at radius 1 is 1.33 bits per heavy atom. The van der Waals surface area contributed by atoms with E-state index in [0.717, 1.165) is 51.0 Å². The monoisotopic (exact) mass is 346 g/mol. The van der Waals surface area contributed by atoms with Gasteiger partial charge in [-0.2, -0.15) is 5.10 Å². The van der Waals surface area contributed by atoms with Crippen LogP contribution in [0.3, 0.4) is 0 Å². The van der Waals surface area contributed by atoms with Crippen molar-refractivity contribution in [2.75, 3.05) is 19.8 Å². The van der Waals surface area contributed by atoms with Crippen molar-refractivity contribution in [1.29, 1.82) is 0 Å². The minimum Gasteiger partial charge on any atom is -0.380 e. The average Bonchev–Trinajstić information content (AvgIpc) is 3.16. The molecular weight excluding hydrogens is 320 g/mol. The van der Waals surface area contributed by atoms with Crippen molar-refractivity contribution in [1.82, 2.24) is 19.7 Å². The molecule has 1 saturated carbocycles. The molecule has 0 bridgehead atoms. The maximum Gasteiger partial charge on any atom is 0.0798 e. The molecule has 3 heterocycles. The number of thiazole rings is 1. The van der Waals surface area contributed by atoms with Crippen LogP contribution in [0.1, 0.15) is 47.5 Å². The molecule has 6 heteroatoms. The van der Waals surface area contributed by atoms with Gasteiger partial charge >= 0.3 is 0 Å². The summed E-state index contributed by atoms with van der Waals surface area (Å²) in [6.45, 7) is 9.88. The van der Waals surface area contributed by atoms with E-state index in [1.54, 1.807) is 11.3 Å². The van der Waals surface area contributed by atoms with Crippen LogP contribution in [0.5, 0.6) is 0 Å². The lowest BCUT2D eigenvalue weighted by atomic mass is 9.97. The molecule has 5 nitrogen and oxygen atoms in total. The van der Waals surface area contributed by atoms with Crippen molar-refractivity contribution in [2.24, 2.45) is 5.92 Å². The zero-order valence-corrected chi connectivity index (χ0v) is 15.4. The Hall–Kier alpha value is -1.24. The predicted octanol–water partition coefficient (Wildman–Crippen LogP) is 3.19. The van der Waals surface area contributed by atoms with Gasteiger partial charge in [0.05, 0.1) is 23.5 Å². The Morgan fingerprint density at radius 3 is 2.92 bits per heavy atom. The summed E-state index contributed by atoms with van der Waals surface area (Å²) in [6.07, 6.45) is 4.91. The van der Waals surface area contributed by atoms with Crippen molar-refractivity contribution >= 4 is 11.3 Å². The smallest absolute Gasteiger partial charge is 0.0798 e. The van der Waals surface area contributed by atoms with E-state index in [2.05, 4.69) is 34.6 Å². The topological polar surface area (TPSA) is 43.2 Å². The fraction of sp³-hybridized carbons (Fsp3) is 0.667. The summed E-state index contributed by atoms with van der Waals surface area (Å²) >= 11 is 1.76. The first kappa shape index (κ1) is 16.2. The lowest BCUT2D eigenvalue weighted by Gasteiger charge is -2.31. The molecule has 2 aromatic heterocycles. The fourth-order valence-corrected chi connectivity index (χ4v) is 4.22. The van der Waals surface area contributed by atoms with Gasteiger partial charge < -0.3 is 4.74 Å². The summed E-state index contributed by atoms with van der Waals surface area (Å²) in [5.74, 6) is 1.20. The van der Waals surface area contributed by atoms with E-state index in [0.29, 0.717) is 5.92 Å². The van der Waals surface area contributed by atoms with E-state index in [-0.39, 0.29) is 0 Å². The summed E-state index contributed by atoms with van der Waals surface area (Å²) in [5.41, 5.74) is 5.73. The molecule has 0 N–H and O–H groups in total. The first-order valence-corrected chi connectivity index (χ1v) is 9.86. The zero-order valence-electron chi connectivity index (χ0n) is 14.6. The Labute approximate surface area is 147 Å². The van der Waals surface area contributed by atoms with Crippen molar-refractivity contribution in [3.63, 3.8) is 0 Å². The largest absolute Gasteiger partial charge is 0.380 e. The van der Waals surface area contributed by atoms with Crippen LogP contribution >= 0.6 is 11.3 Å². The Kier molecular flexibility index (Phi) is 4.70. The van der Waals surface area contributed by atoms with Crippen LogP contribution in [0, 0.1) is 12.8 Å². The number of hydrogen-bond donors (Lipinski definition) is 0. The van der Waals surface area contributed by atoms with Crippen LogP contribution in [0.2, 0.25) is 0 Å². The third kappa shape index (κ3) is 3.55. The SMILES string of the molecule is CCn1cc2c(n1)[C@H](COCC1CC1)CN(Cc1scnc1C)C2. The number of fused-ring (bicyclic) bond motifs is 1. The van der Waals surface area contributed by atoms with Crippen molar-refractivity contribution in [3.05, 3.63) is 33.5 Å². The van der Waals surface area contributed by atoms with Crippen LogP contribution in [-0.4, -0.2) is 39.4 Å². The van der Waals surface area contributed by atoms with Gasteiger partial charge in [-0.3, -0.25) is 9.58 Å². The van der Waals surface area contributed by atoms with Crippen LogP contribution in [0.25, 0.3) is 0 Å². The van der Waals surface area contributed by atoms with Gasteiger partial charge in [0.2, 0.25) is 0 Å². The normalized spacial score (nSPS) is 21.2. The average molecular weight is 347 g/mol. The van der Waals surface area contributed by atoms with E-state index in [4.69, 9.17) is 9.84 Å². The van der Waals surface area contributed by atoms with E-state index in [1.807, 2.05) is 5.51 Å².